The number of nitrogens with zero attached hydrogens (tertiary/aromatic N) is 2. The van der Waals surface area contributed by atoms with Crippen LogP contribution in [0.3, 0.4) is 0 Å². The molecule has 2 aliphatic rings. The average molecular weight is 252 g/mol. The van der Waals surface area contributed by atoms with Crippen molar-refractivity contribution in [3.05, 3.63) is 17.6 Å². The zero-order chi connectivity index (χ0) is 12.5. The van der Waals surface area contributed by atoms with E-state index in [0.717, 1.165) is 13.1 Å². The molecule has 1 aromatic heterocycles. The van der Waals surface area contributed by atoms with Crippen LogP contribution in [0.25, 0.3) is 0 Å². The predicted octanol–water partition coefficient (Wildman–Crippen LogP) is 2.15. The fourth-order valence-corrected chi connectivity index (χ4v) is 2.56. The monoisotopic (exact) mass is 252 g/mol. The minimum atomic E-state index is -0.307. The molecule has 0 aromatic carbocycles. The quantitative estimate of drug-likeness (QED) is 0.807. The molecule has 1 fully saturated rings. The molecule has 0 spiro atoms. The first kappa shape index (κ1) is 11.7. The third-order valence-electron chi connectivity index (χ3n) is 3.60. The first-order valence-electron chi connectivity index (χ1n) is 6.46. The summed E-state index contributed by atoms with van der Waals surface area (Å²) in [5.41, 5.74) is 0.459. The second kappa shape index (κ2) is 4.72. The van der Waals surface area contributed by atoms with Crippen molar-refractivity contribution in [1.29, 1.82) is 0 Å². The molecule has 18 heavy (non-hydrogen) atoms. The Bertz CT molecular complexity index is 447. The molecular weight excluding hydrogens is 235 g/mol. The maximum atomic E-state index is 14.1. The van der Waals surface area contributed by atoms with Crippen molar-refractivity contribution in [3.8, 4) is 11.6 Å². The van der Waals surface area contributed by atoms with Crippen LogP contribution in [-0.2, 0) is 0 Å². The number of rotatable bonds is 2. The summed E-state index contributed by atoms with van der Waals surface area (Å²) in [6.07, 6.45) is 2.35. The maximum absolute atomic E-state index is 14.1. The molecule has 3 heterocycles. The lowest BCUT2D eigenvalue weighted by Crippen LogP contribution is -2.26. The topological polar surface area (TPSA) is 34.6 Å². The predicted molar refractivity (Wildman–Crippen MR) is 64.4 cm³/mol. The fraction of sp³-hybridized carbons (Fsp3) is 0.615. The third-order valence-corrected chi connectivity index (χ3v) is 3.60. The van der Waals surface area contributed by atoms with Gasteiger partial charge in [-0.3, -0.25) is 4.90 Å². The van der Waals surface area contributed by atoms with Gasteiger partial charge in [0.1, 0.15) is 19.0 Å². The largest absolute Gasteiger partial charge is 0.484 e. The number of hydrogen-bond acceptors (Lipinski definition) is 4. The van der Waals surface area contributed by atoms with E-state index >= 15 is 0 Å². The minimum Gasteiger partial charge on any atom is -0.484 e. The van der Waals surface area contributed by atoms with Gasteiger partial charge >= 0.3 is 0 Å². The van der Waals surface area contributed by atoms with E-state index in [4.69, 9.17) is 9.47 Å². The molecule has 4 nitrogen and oxygen atoms in total. The summed E-state index contributed by atoms with van der Waals surface area (Å²) in [7, 11) is 0. The molecule has 0 bridgehead atoms. The fourth-order valence-electron chi connectivity index (χ4n) is 2.56. The SMILES string of the molecule is CC(c1nc2c(cc1F)OCCO2)N1CCCC1. The van der Waals surface area contributed by atoms with Crippen molar-refractivity contribution in [2.45, 2.75) is 25.8 Å². The lowest BCUT2D eigenvalue weighted by molar-refractivity contribution is 0.160. The molecule has 3 rings (SSSR count). The summed E-state index contributed by atoms with van der Waals surface area (Å²) in [4.78, 5) is 6.54. The Labute approximate surface area is 106 Å². The summed E-state index contributed by atoms with van der Waals surface area (Å²) in [6, 6.07) is 1.38. The first-order chi connectivity index (χ1) is 8.75. The van der Waals surface area contributed by atoms with Gasteiger partial charge < -0.3 is 9.47 Å². The Kier molecular flexibility index (Phi) is 3.07. The molecule has 5 heteroatoms. The number of likely N-dealkylation sites (tertiary alicyclic amines) is 1. The lowest BCUT2D eigenvalue weighted by atomic mass is 10.1. The van der Waals surface area contributed by atoms with E-state index in [-0.39, 0.29) is 11.9 Å². The smallest absolute Gasteiger partial charge is 0.257 e. The molecule has 1 aromatic rings. The molecule has 1 atom stereocenters. The highest BCUT2D eigenvalue weighted by Crippen LogP contribution is 2.33. The van der Waals surface area contributed by atoms with Crippen LogP contribution in [-0.4, -0.2) is 36.2 Å². The van der Waals surface area contributed by atoms with E-state index in [2.05, 4.69) is 9.88 Å². The van der Waals surface area contributed by atoms with Gasteiger partial charge in [0.15, 0.2) is 5.75 Å². The summed E-state index contributed by atoms with van der Waals surface area (Å²) in [5, 5.41) is 0. The molecule has 1 unspecified atom stereocenters. The lowest BCUT2D eigenvalue weighted by Gasteiger charge is -2.25. The summed E-state index contributed by atoms with van der Waals surface area (Å²) >= 11 is 0. The summed E-state index contributed by atoms with van der Waals surface area (Å²) in [5.74, 6) is 0.526. The minimum absolute atomic E-state index is 0.0108. The van der Waals surface area contributed by atoms with Crippen LogP contribution in [0, 0.1) is 5.82 Å². The van der Waals surface area contributed by atoms with Crippen LogP contribution in [0.15, 0.2) is 6.07 Å². The number of pyridine rings is 1. The van der Waals surface area contributed by atoms with Gasteiger partial charge in [-0.2, -0.15) is 0 Å². The number of ether oxygens (including phenoxy) is 2. The normalized spacial score (nSPS) is 21.0. The van der Waals surface area contributed by atoms with Gasteiger partial charge in [-0.1, -0.05) is 0 Å². The summed E-state index contributed by atoms with van der Waals surface area (Å²) < 4.78 is 24.8. The van der Waals surface area contributed by atoms with Crippen LogP contribution >= 0.6 is 0 Å². The van der Waals surface area contributed by atoms with E-state index in [9.17, 15) is 4.39 Å². The second-order valence-electron chi connectivity index (χ2n) is 4.77. The van der Waals surface area contributed by atoms with Crippen molar-refractivity contribution < 1.29 is 13.9 Å². The van der Waals surface area contributed by atoms with Gasteiger partial charge in [0.2, 0.25) is 0 Å². The Hall–Kier alpha value is -1.36. The van der Waals surface area contributed by atoms with Crippen LogP contribution < -0.4 is 9.47 Å². The molecular formula is C13H17FN2O2. The van der Waals surface area contributed by atoms with Gasteiger partial charge in [-0.25, -0.2) is 9.37 Å². The van der Waals surface area contributed by atoms with E-state index < -0.39 is 0 Å². The highest BCUT2D eigenvalue weighted by Gasteiger charge is 2.26. The molecule has 0 saturated carbocycles. The van der Waals surface area contributed by atoms with E-state index in [0.29, 0.717) is 30.5 Å². The number of hydrogen-bond donors (Lipinski definition) is 0. The number of fused-ring (bicyclic) bond motifs is 1. The standard InChI is InChI=1S/C13H17FN2O2/c1-9(16-4-2-3-5-16)12-10(14)8-11-13(15-12)18-7-6-17-11/h8-9H,2-7H2,1H3. The first-order valence-corrected chi connectivity index (χ1v) is 6.46. The second-order valence-corrected chi connectivity index (χ2v) is 4.77. The van der Waals surface area contributed by atoms with Crippen molar-refractivity contribution in [3.63, 3.8) is 0 Å². The molecule has 0 N–H and O–H groups in total. The van der Waals surface area contributed by atoms with Gasteiger partial charge in [0, 0.05) is 6.07 Å². The van der Waals surface area contributed by atoms with E-state index in [1.807, 2.05) is 6.92 Å². The van der Waals surface area contributed by atoms with Crippen LogP contribution in [0.2, 0.25) is 0 Å². The van der Waals surface area contributed by atoms with E-state index in [1.165, 1.54) is 18.9 Å². The van der Waals surface area contributed by atoms with Crippen LogP contribution in [0.1, 0.15) is 31.5 Å². The highest BCUT2D eigenvalue weighted by molar-refractivity contribution is 5.37. The van der Waals surface area contributed by atoms with Crippen molar-refractivity contribution in [2.75, 3.05) is 26.3 Å². The molecule has 2 aliphatic heterocycles. The molecule has 98 valence electrons. The van der Waals surface area contributed by atoms with E-state index in [1.54, 1.807) is 0 Å². The zero-order valence-electron chi connectivity index (χ0n) is 10.5. The third kappa shape index (κ3) is 2.03. The average Bonchev–Trinajstić information content (AvgIpc) is 2.91. The summed E-state index contributed by atoms with van der Waals surface area (Å²) in [6.45, 7) is 4.94. The Balaban J connectivity index is 1.90. The van der Waals surface area contributed by atoms with Crippen molar-refractivity contribution >= 4 is 0 Å². The molecule has 0 radical (unpaired) electrons. The molecule has 0 aliphatic carbocycles. The maximum Gasteiger partial charge on any atom is 0.257 e. The van der Waals surface area contributed by atoms with Crippen molar-refractivity contribution in [1.82, 2.24) is 9.88 Å². The van der Waals surface area contributed by atoms with Crippen molar-refractivity contribution in [2.24, 2.45) is 0 Å². The number of halogens is 1. The van der Waals surface area contributed by atoms with Gasteiger partial charge in [-0.05, 0) is 32.9 Å². The highest BCUT2D eigenvalue weighted by atomic mass is 19.1. The van der Waals surface area contributed by atoms with Gasteiger partial charge in [0.25, 0.3) is 5.88 Å². The Morgan fingerprint density at radius 1 is 1.28 bits per heavy atom. The molecule has 0 amide bonds. The molecule has 1 saturated heterocycles. The van der Waals surface area contributed by atoms with Crippen LogP contribution in [0.4, 0.5) is 4.39 Å². The van der Waals surface area contributed by atoms with Crippen LogP contribution in [0.5, 0.6) is 11.6 Å². The van der Waals surface area contributed by atoms with Gasteiger partial charge in [0.05, 0.1) is 11.7 Å². The Morgan fingerprint density at radius 3 is 2.78 bits per heavy atom. The Morgan fingerprint density at radius 2 is 2.00 bits per heavy atom. The van der Waals surface area contributed by atoms with Gasteiger partial charge in [-0.15, -0.1) is 0 Å². The zero-order valence-corrected chi connectivity index (χ0v) is 10.5. The number of aromatic nitrogens is 1.